The normalized spacial score (nSPS) is 11.0. The topological polar surface area (TPSA) is 123 Å². The van der Waals surface area contributed by atoms with Crippen LogP contribution in [0.4, 0.5) is 15.5 Å². The fourth-order valence-electron chi connectivity index (χ4n) is 2.22. The Balaban J connectivity index is 1.73. The van der Waals surface area contributed by atoms with Gasteiger partial charge >= 0.3 is 11.0 Å². The number of hydrazone groups is 1. The van der Waals surface area contributed by atoms with Crippen molar-refractivity contribution in [2.45, 2.75) is 6.92 Å². The number of hydrogen-bond donors (Lipinski definition) is 2. The number of nitrogens with one attached hydrogen (secondary N) is 2. The average molecular weight is 440 g/mol. The molecule has 144 valence electrons. The van der Waals surface area contributed by atoms with Crippen LogP contribution in [0.5, 0.6) is 0 Å². The van der Waals surface area contributed by atoms with Crippen LogP contribution in [-0.4, -0.2) is 22.3 Å². The Morgan fingerprint density at radius 1 is 1.32 bits per heavy atom. The van der Waals surface area contributed by atoms with Crippen molar-refractivity contribution in [3.63, 3.8) is 0 Å². The maximum Gasteiger partial charge on any atom is 0.339 e. The van der Waals surface area contributed by atoms with Gasteiger partial charge in [0.15, 0.2) is 5.76 Å². The predicted octanol–water partition coefficient (Wildman–Crippen LogP) is 5.08. The van der Waals surface area contributed by atoms with Crippen LogP contribution < -0.4 is 10.7 Å². The molecule has 28 heavy (non-hydrogen) atoms. The molecule has 2 heterocycles. The van der Waals surface area contributed by atoms with Crippen LogP contribution in [0.1, 0.15) is 10.6 Å². The summed E-state index contributed by atoms with van der Waals surface area (Å²) in [4.78, 5) is 22.8. The van der Waals surface area contributed by atoms with Crippen molar-refractivity contribution in [2.24, 2.45) is 5.10 Å². The fourth-order valence-corrected chi connectivity index (χ4v) is 3.49. The summed E-state index contributed by atoms with van der Waals surface area (Å²) in [7, 11) is 0. The van der Waals surface area contributed by atoms with Crippen molar-refractivity contribution in [1.82, 2.24) is 10.6 Å². The number of nitro groups is 1. The Labute approximate surface area is 172 Å². The van der Waals surface area contributed by atoms with Crippen LogP contribution in [-0.2, 0) is 0 Å². The number of nitrogens with zero attached hydrogens (tertiary/aromatic N) is 3. The molecule has 1 aromatic carbocycles. The lowest BCUT2D eigenvalue weighted by atomic mass is 10.1. The Kier molecular flexibility index (Phi) is 5.93. The minimum Gasteiger partial charge on any atom is -0.359 e. The SMILES string of the molecule is Cc1onc(-c2c(Cl)cccc2Cl)c1NC(=O)N/N=C/c1ccc([N+](=O)[O-])s1. The van der Waals surface area contributed by atoms with Crippen molar-refractivity contribution >= 4 is 57.5 Å². The lowest BCUT2D eigenvalue weighted by molar-refractivity contribution is -0.380. The van der Waals surface area contributed by atoms with E-state index < -0.39 is 11.0 Å². The van der Waals surface area contributed by atoms with Crippen molar-refractivity contribution in [3.05, 3.63) is 61.1 Å². The van der Waals surface area contributed by atoms with Gasteiger partial charge in [-0.1, -0.05) is 45.8 Å². The first-order valence-corrected chi connectivity index (χ1v) is 9.19. The third-order valence-electron chi connectivity index (χ3n) is 3.45. The number of hydrogen-bond acceptors (Lipinski definition) is 7. The molecule has 0 spiro atoms. The number of aryl methyl sites for hydroxylation is 1. The van der Waals surface area contributed by atoms with Crippen molar-refractivity contribution in [3.8, 4) is 11.3 Å². The van der Waals surface area contributed by atoms with E-state index in [1.165, 1.54) is 18.3 Å². The highest BCUT2D eigenvalue weighted by Gasteiger charge is 2.21. The molecule has 2 aromatic heterocycles. The summed E-state index contributed by atoms with van der Waals surface area (Å²) in [6, 6.07) is 7.17. The van der Waals surface area contributed by atoms with E-state index in [0.717, 1.165) is 11.3 Å². The molecule has 2 amide bonds. The first-order valence-electron chi connectivity index (χ1n) is 7.61. The number of rotatable bonds is 5. The summed E-state index contributed by atoms with van der Waals surface area (Å²) in [5, 5.41) is 21.6. The van der Waals surface area contributed by atoms with Gasteiger partial charge < -0.3 is 9.84 Å². The van der Waals surface area contributed by atoms with Crippen LogP contribution in [0.15, 0.2) is 40.0 Å². The molecule has 0 saturated carbocycles. The summed E-state index contributed by atoms with van der Waals surface area (Å²) < 4.78 is 5.15. The summed E-state index contributed by atoms with van der Waals surface area (Å²) in [6.07, 6.45) is 1.30. The number of thiophene rings is 1. The van der Waals surface area contributed by atoms with E-state index in [9.17, 15) is 14.9 Å². The first-order chi connectivity index (χ1) is 13.4. The number of anilines is 1. The van der Waals surface area contributed by atoms with Gasteiger partial charge in [0, 0.05) is 11.6 Å². The molecular weight excluding hydrogens is 429 g/mol. The standard InChI is InChI=1S/C16H11Cl2N5O4S/c1-8-14(15(22-27-8)13-10(17)3-2-4-11(13)18)20-16(24)21-19-7-9-5-6-12(28-9)23(25)26/h2-7H,1H3,(H2,20,21,24)/b19-7+. The van der Waals surface area contributed by atoms with E-state index >= 15 is 0 Å². The monoisotopic (exact) mass is 439 g/mol. The van der Waals surface area contributed by atoms with E-state index in [4.69, 9.17) is 27.7 Å². The largest absolute Gasteiger partial charge is 0.359 e. The zero-order chi connectivity index (χ0) is 20.3. The third-order valence-corrected chi connectivity index (χ3v) is 5.05. The number of amides is 2. The number of carbonyl (C=O) groups is 1. The van der Waals surface area contributed by atoms with E-state index in [1.54, 1.807) is 25.1 Å². The minimum absolute atomic E-state index is 0.0211. The maximum absolute atomic E-state index is 12.1. The highest BCUT2D eigenvalue weighted by atomic mass is 35.5. The Morgan fingerprint density at radius 2 is 2.04 bits per heavy atom. The van der Waals surface area contributed by atoms with Crippen molar-refractivity contribution in [1.29, 1.82) is 0 Å². The highest BCUT2D eigenvalue weighted by Crippen LogP contribution is 2.39. The molecule has 3 aromatic rings. The smallest absolute Gasteiger partial charge is 0.339 e. The van der Waals surface area contributed by atoms with Gasteiger partial charge in [0.2, 0.25) is 0 Å². The number of carbonyl (C=O) groups excluding carboxylic acids is 1. The van der Waals surface area contributed by atoms with Crippen LogP contribution in [0.2, 0.25) is 10.0 Å². The summed E-state index contributed by atoms with van der Waals surface area (Å²) in [6.45, 7) is 1.62. The molecule has 0 aliphatic carbocycles. The van der Waals surface area contributed by atoms with E-state index in [2.05, 4.69) is 21.0 Å². The minimum atomic E-state index is -0.668. The quantitative estimate of drug-likeness (QED) is 0.325. The zero-order valence-corrected chi connectivity index (χ0v) is 16.4. The molecule has 0 unspecified atom stereocenters. The van der Waals surface area contributed by atoms with Crippen LogP contribution in [0.25, 0.3) is 11.3 Å². The highest BCUT2D eigenvalue weighted by molar-refractivity contribution is 7.16. The van der Waals surface area contributed by atoms with Crippen molar-refractivity contribution < 1.29 is 14.2 Å². The predicted molar refractivity (Wildman–Crippen MR) is 107 cm³/mol. The van der Waals surface area contributed by atoms with Gasteiger partial charge in [0.05, 0.1) is 26.1 Å². The molecule has 0 fully saturated rings. The second-order valence-corrected chi connectivity index (χ2v) is 7.22. The number of halogens is 2. The zero-order valence-electron chi connectivity index (χ0n) is 14.1. The van der Waals surface area contributed by atoms with Gasteiger partial charge in [-0.3, -0.25) is 10.1 Å². The Bertz CT molecular complexity index is 1060. The molecule has 2 N–H and O–H groups in total. The second-order valence-electron chi connectivity index (χ2n) is 5.32. The Morgan fingerprint density at radius 3 is 2.68 bits per heavy atom. The fraction of sp³-hybridized carbons (Fsp3) is 0.0625. The molecule has 0 bridgehead atoms. The summed E-state index contributed by atoms with van der Waals surface area (Å²) in [5.74, 6) is 0.346. The lowest BCUT2D eigenvalue weighted by Crippen LogP contribution is -2.24. The molecule has 0 aliphatic rings. The second kappa shape index (κ2) is 8.38. The third kappa shape index (κ3) is 4.30. The molecule has 3 rings (SSSR count). The van der Waals surface area contributed by atoms with E-state index in [1.807, 2.05) is 0 Å². The number of aromatic nitrogens is 1. The van der Waals surface area contributed by atoms with Gasteiger partial charge in [0.25, 0.3) is 0 Å². The van der Waals surface area contributed by atoms with Gasteiger partial charge in [-0.25, -0.2) is 10.2 Å². The van der Waals surface area contributed by atoms with E-state index in [-0.39, 0.29) is 16.4 Å². The molecule has 0 atom stereocenters. The van der Waals surface area contributed by atoms with Crippen molar-refractivity contribution in [2.75, 3.05) is 5.32 Å². The number of benzene rings is 1. The molecule has 0 saturated heterocycles. The number of urea groups is 1. The van der Waals surface area contributed by atoms with Gasteiger partial charge in [-0.2, -0.15) is 5.10 Å². The molecule has 0 aliphatic heterocycles. The van der Waals surface area contributed by atoms with Gasteiger partial charge in [-0.05, 0) is 25.1 Å². The average Bonchev–Trinajstić information content (AvgIpc) is 3.24. The Hall–Kier alpha value is -2.95. The first kappa shape index (κ1) is 19.8. The summed E-state index contributed by atoms with van der Waals surface area (Å²) >= 11 is 13.3. The molecule has 0 radical (unpaired) electrons. The molecule has 12 heteroatoms. The van der Waals surface area contributed by atoms with Gasteiger partial charge in [0.1, 0.15) is 11.4 Å². The van der Waals surface area contributed by atoms with Crippen LogP contribution in [0.3, 0.4) is 0 Å². The maximum atomic E-state index is 12.1. The lowest BCUT2D eigenvalue weighted by Gasteiger charge is -2.07. The summed E-state index contributed by atoms with van der Waals surface area (Å²) in [5.41, 5.74) is 3.25. The van der Waals surface area contributed by atoms with Gasteiger partial charge in [-0.15, -0.1) is 0 Å². The van der Waals surface area contributed by atoms with E-state index in [0.29, 0.717) is 26.2 Å². The van der Waals surface area contributed by atoms with Crippen LogP contribution in [0, 0.1) is 17.0 Å². The molecule has 9 nitrogen and oxygen atoms in total. The molecular formula is C16H11Cl2N5O4S. The van der Waals surface area contributed by atoms with Crippen LogP contribution >= 0.6 is 34.5 Å².